The second-order valence-electron chi connectivity index (χ2n) is 7.06. The minimum Gasteiger partial charge on any atom is -0.497 e. The van der Waals surface area contributed by atoms with Crippen molar-refractivity contribution in [1.82, 2.24) is 0 Å². The number of methoxy groups -OCH3 is 2. The van der Waals surface area contributed by atoms with Crippen molar-refractivity contribution in [3.8, 4) is 11.5 Å². The van der Waals surface area contributed by atoms with Gasteiger partial charge in [0.2, 0.25) is 0 Å². The number of carbonyl (C=O) groups is 2. The van der Waals surface area contributed by atoms with Gasteiger partial charge in [-0.25, -0.2) is 0 Å². The van der Waals surface area contributed by atoms with Gasteiger partial charge in [0.1, 0.15) is 11.5 Å². The number of hydrogen-bond donors (Lipinski definition) is 0. The number of benzene rings is 2. The van der Waals surface area contributed by atoms with E-state index < -0.39 is 12.0 Å². The molecule has 6 heteroatoms. The predicted molar refractivity (Wildman–Crippen MR) is 100 cm³/mol. The van der Waals surface area contributed by atoms with Gasteiger partial charge in [-0.1, -0.05) is 36.4 Å². The molecule has 0 saturated carbocycles. The molecule has 2 aliphatic rings. The van der Waals surface area contributed by atoms with Gasteiger partial charge in [-0.2, -0.15) is 0 Å². The van der Waals surface area contributed by atoms with Crippen molar-refractivity contribution in [2.45, 2.75) is 31.0 Å². The zero-order valence-electron chi connectivity index (χ0n) is 15.8. The van der Waals surface area contributed by atoms with Crippen molar-refractivity contribution in [3.63, 3.8) is 0 Å². The molecule has 146 valence electrons. The van der Waals surface area contributed by atoms with Crippen LogP contribution in [0, 0.1) is 5.92 Å². The van der Waals surface area contributed by atoms with Crippen LogP contribution in [-0.4, -0.2) is 32.3 Å². The summed E-state index contributed by atoms with van der Waals surface area (Å²) in [6.45, 7) is 0. The third-order valence-electron chi connectivity index (χ3n) is 5.47. The Kier molecular flexibility index (Phi) is 5.05. The summed E-state index contributed by atoms with van der Waals surface area (Å²) in [5, 5.41) is 0. The summed E-state index contributed by atoms with van der Waals surface area (Å²) in [7, 11) is 2.93. The summed E-state index contributed by atoms with van der Waals surface area (Å²) >= 11 is 0. The van der Waals surface area contributed by atoms with Crippen LogP contribution >= 0.6 is 0 Å². The van der Waals surface area contributed by atoms with Gasteiger partial charge in [0.25, 0.3) is 0 Å². The van der Waals surface area contributed by atoms with Crippen LogP contribution < -0.4 is 9.47 Å². The van der Waals surface area contributed by atoms with Gasteiger partial charge in [-0.3, -0.25) is 9.59 Å². The van der Waals surface area contributed by atoms with Crippen LogP contribution in [0.15, 0.2) is 48.5 Å². The van der Waals surface area contributed by atoms with E-state index >= 15 is 0 Å². The smallest absolute Gasteiger partial charge is 0.317 e. The van der Waals surface area contributed by atoms with E-state index in [1.807, 2.05) is 42.5 Å². The summed E-state index contributed by atoms with van der Waals surface area (Å²) in [4.78, 5) is 24.8. The van der Waals surface area contributed by atoms with Gasteiger partial charge in [0, 0.05) is 12.0 Å². The molecule has 2 heterocycles. The summed E-state index contributed by atoms with van der Waals surface area (Å²) in [5.74, 6) is -0.105. The molecule has 2 aromatic rings. The van der Waals surface area contributed by atoms with E-state index in [4.69, 9.17) is 18.9 Å². The maximum absolute atomic E-state index is 12.9. The fraction of sp³-hybridized carbons (Fsp3) is 0.364. The molecule has 0 bridgehead atoms. The van der Waals surface area contributed by atoms with Gasteiger partial charge in [-0.15, -0.1) is 0 Å². The van der Waals surface area contributed by atoms with Crippen LogP contribution in [0.1, 0.15) is 36.0 Å². The van der Waals surface area contributed by atoms with Gasteiger partial charge < -0.3 is 18.9 Å². The summed E-state index contributed by atoms with van der Waals surface area (Å²) < 4.78 is 21.9. The second-order valence-corrected chi connectivity index (χ2v) is 7.06. The fourth-order valence-corrected chi connectivity index (χ4v) is 4.14. The Labute approximate surface area is 163 Å². The average Bonchev–Trinajstić information content (AvgIpc) is 2.73. The molecule has 4 rings (SSSR count). The van der Waals surface area contributed by atoms with Crippen LogP contribution in [-0.2, 0) is 19.1 Å². The first-order valence-electron chi connectivity index (χ1n) is 9.27. The first kappa shape index (κ1) is 18.5. The monoisotopic (exact) mass is 382 g/mol. The summed E-state index contributed by atoms with van der Waals surface area (Å²) in [5.41, 5.74) is 1.82. The van der Waals surface area contributed by atoms with Crippen LogP contribution in [0.3, 0.4) is 0 Å². The highest BCUT2D eigenvalue weighted by atomic mass is 16.6. The maximum Gasteiger partial charge on any atom is 0.317 e. The van der Waals surface area contributed by atoms with Gasteiger partial charge in [-0.05, 0) is 23.6 Å². The molecule has 4 atom stereocenters. The highest BCUT2D eigenvalue weighted by Crippen LogP contribution is 2.51. The number of esters is 2. The van der Waals surface area contributed by atoms with Crippen LogP contribution in [0.4, 0.5) is 0 Å². The highest BCUT2D eigenvalue weighted by Gasteiger charge is 2.49. The molecule has 28 heavy (non-hydrogen) atoms. The lowest BCUT2D eigenvalue weighted by Crippen LogP contribution is -2.44. The first-order chi connectivity index (χ1) is 13.6. The molecule has 2 aromatic carbocycles. The van der Waals surface area contributed by atoms with E-state index in [0.717, 1.165) is 11.1 Å². The van der Waals surface area contributed by atoms with Crippen LogP contribution in [0.25, 0.3) is 0 Å². The van der Waals surface area contributed by atoms with Crippen molar-refractivity contribution in [3.05, 3.63) is 59.7 Å². The second kappa shape index (κ2) is 7.64. The lowest BCUT2D eigenvalue weighted by molar-refractivity contribution is -0.165. The van der Waals surface area contributed by atoms with Crippen LogP contribution in [0.2, 0.25) is 0 Å². The molecule has 0 amide bonds. The van der Waals surface area contributed by atoms with E-state index in [1.54, 1.807) is 13.2 Å². The average molecular weight is 382 g/mol. The summed E-state index contributed by atoms with van der Waals surface area (Å²) in [6, 6.07) is 15.1. The van der Waals surface area contributed by atoms with Gasteiger partial charge in [0.15, 0.2) is 0 Å². The predicted octanol–water partition coefficient (Wildman–Crippen LogP) is 3.41. The third-order valence-corrected chi connectivity index (χ3v) is 5.47. The van der Waals surface area contributed by atoms with Crippen molar-refractivity contribution in [1.29, 1.82) is 0 Å². The lowest BCUT2D eigenvalue weighted by atomic mass is 9.73. The Balaban J connectivity index is 1.74. The quantitative estimate of drug-likeness (QED) is 0.596. The molecule has 0 unspecified atom stereocenters. The lowest BCUT2D eigenvalue weighted by Gasteiger charge is -2.43. The largest absolute Gasteiger partial charge is 0.497 e. The zero-order chi connectivity index (χ0) is 19.7. The Morgan fingerprint density at radius 2 is 1.93 bits per heavy atom. The van der Waals surface area contributed by atoms with E-state index in [9.17, 15) is 9.59 Å². The van der Waals surface area contributed by atoms with Crippen molar-refractivity contribution in [2.24, 2.45) is 5.92 Å². The minimum absolute atomic E-state index is 0.115. The van der Waals surface area contributed by atoms with E-state index in [-0.39, 0.29) is 30.4 Å². The minimum atomic E-state index is -0.489. The molecule has 6 nitrogen and oxygen atoms in total. The van der Waals surface area contributed by atoms with E-state index in [2.05, 4.69) is 0 Å². The third kappa shape index (κ3) is 3.36. The normalized spacial score (nSPS) is 25.9. The molecule has 0 radical (unpaired) electrons. The fourth-order valence-electron chi connectivity index (χ4n) is 4.14. The molecular formula is C22H22O6. The molecule has 0 aliphatic carbocycles. The number of ether oxygens (including phenoxy) is 4. The highest BCUT2D eigenvalue weighted by molar-refractivity contribution is 5.81. The van der Waals surface area contributed by atoms with Gasteiger partial charge in [0.05, 0.1) is 38.8 Å². The SMILES string of the molecule is COC(=O)C[C@@H]1C[C@@H]2c3ccc(OC)cc3OC(=O)[C@@H]2[C@H](c2ccccc2)O1. The number of rotatable bonds is 4. The van der Waals surface area contributed by atoms with Gasteiger partial charge >= 0.3 is 11.9 Å². The molecule has 0 N–H and O–H groups in total. The standard InChI is InChI=1S/C22H22O6/c1-25-14-8-9-16-17-10-15(12-19(23)26-2)27-21(13-6-4-3-5-7-13)20(17)22(24)28-18(16)11-14/h3-9,11,15,17,20-21H,10,12H2,1-2H3/t15-,17+,20-,21-/m0/s1. The van der Waals surface area contributed by atoms with E-state index in [0.29, 0.717) is 17.9 Å². The summed E-state index contributed by atoms with van der Waals surface area (Å²) in [6.07, 6.45) is -0.154. The maximum atomic E-state index is 12.9. The number of fused-ring (bicyclic) bond motifs is 3. The van der Waals surface area contributed by atoms with Crippen molar-refractivity contribution >= 4 is 11.9 Å². The number of carbonyl (C=O) groups excluding carboxylic acids is 2. The Morgan fingerprint density at radius 3 is 2.64 bits per heavy atom. The Hall–Kier alpha value is -2.86. The van der Waals surface area contributed by atoms with Crippen molar-refractivity contribution in [2.75, 3.05) is 14.2 Å². The van der Waals surface area contributed by atoms with Crippen molar-refractivity contribution < 1.29 is 28.5 Å². The topological polar surface area (TPSA) is 71.1 Å². The Morgan fingerprint density at radius 1 is 1.14 bits per heavy atom. The molecular weight excluding hydrogens is 360 g/mol. The molecule has 1 fully saturated rings. The molecule has 0 spiro atoms. The molecule has 2 aliphatic heterocycles. The molecule has 1 saturated heterocycles. The Bertz CT molecular complexity index is 878. The number of hydrogen-bond acceptors (Lipinski definition) is 6. The van der Waals surface area contributed by atoms with E-state index in [1.165, 1.54) is 7.11 Å². The molecule has 0 aromatic heterocycles. The van der Waals surface area contributed by atoms with Crippen LogP contribution in [0.5, 0.6) is 11.5 Å². The zero-order valence-corrected chi connectivity index (χ0v) is 15.8. The first-order valence-corrected chi connectivity index (χ1v) is 9.27.